The Hall–Kier alpha value is -7.96. The Morgan fingerprint density at radius 3 is 1.59 bits per heavy atom. The Kier molecular flexibility index (Phi) is 16.2. The van der Waals surface area contributed by atoms with Gasteiger partial charge in [-0.2, -0.15) is 0 Å². The number of hydrogen-bond donors (Lipinski definition) is 0. The number of anilines is 2. The predicted molar refractivity (Wildman–Crippen MR) is 272 cm³/mol. The molecular weight excluding hydrogens is 941 g/mol. The SMILES string of the molecule is C=CCOC(=O)N1c2cc(OCCCOc3cc4c(cc3OC)C(=O)N3CCC(c5ccc(OC)cc5)=C[C@H]3C(OC)N4C(=O)OCC=C)c(OC)cc2C(=O)N2CC=C(c3ccc(OC)cc3)C[C@@H]2C1OC. The van der Waals surface area contributed by atoms with E-state index in [1.807, 2.05) is 60.7 Å². The number of fused-ring (bicyclic) bond motifs is 4. The van der Waals surface area contributed by atoms with E-state index in [0.717, 1.165) is 22.3 Å². The average molecular weight is 1000 g/mol. The van der Waals surface area contributed by atoms with Gasteiger partial charge in [-0.3, -0.25) is 9.59 Å². The summed E-state index contributed by atoms with van der Waals surface area (Å²) in [6, 6.07) is 20.2. The summed E-state index contributed by atoms with van der Waals surface area (Å²) in [6.07, 6.45) is 4.59. The second kappa shape index (κ2) is 23.1. The number of hydrogen-bond acceptors (Lipinski definition) is 14. The summed E-state index contributed by atoms with van der Waals surface area (Å²) in [7, 11) is 9.09. The third kappa shape index (κ3) is 10.4. The van der Waals surface area contributed by atoms with E-state index in [9.17, 15) is 19.2 Å². The number of carbonyl (C=O) groups is 4. The lowest BCUT2D eigenvalue weighted by Crippen LogP contribution is -2.55. The third-order valence-electron chi connectivity index (χ3n) is 13.2. The van der Waals surface area contributed by atoms with Crippen LogP contribution in [-0.4, -0.2) is 141 Å². The van der Waals surface area contributed by atoms with Crippen molar-refractivity contribution >= 4 is 46.5 Å². The van der Waals surface area contributed by atoms with Gasteiger partial charge in [-0.25, -0.2) is 19.4 Å². The van der Waals surface area contributed by atoms with Crippen molar-refractivity contribution in [1.29, 1.82) is 0 Å². The minimum Gasteiger partial charge on any atom is -0.497 e. The van der Waals surface area contributed by atoms with Crippen molar-refractivity contribution < 1.29 is 66.5 Å². The zero-order valence-electron chi connectivity index (χ0n) is 41.8. The molecule has 0 fully saturated rings. The number of benzene rings is 4. The molecule has 18 heteroatoms. The standard InChI is InChI=1S/C55H60N4O14/c1-9-24-72-54(62)58-42-32-48(46(66-5)30-40(42)50(60)56-22-20-36(28-44(56)52(58)68-7)34-12-16-38(64-3)17-13-34)70-26-11-27-71-49-33-43-41(31-47(49)67-6)51(61)57-23-21-37(35-14-18-39(65-4)19-15-35)29-45(57)53(69-8)59(43)55(63)73-25-10-2/h9-10,12-20,29-33,44-45,52-53H,1-2,11,21-28H2,3-8H3/t44-,45+,52?,53?/m1/s1. The van der Waals surface area contributed by atoms with Crippen molar-refractivity contribution in [3.05, 3.63) is 133 Å². The first kappa shape index (κ1) is 51.4. The molecule has 4 atom stereocenters. The molecule has 384 valence electrons. The predicted octanol–water partition coefficient (Wildman–Crippen LogP) is 8.40. The van der Waals surface area contributed by atoms with E-state index in [1.165, 1.54) is 50.4 Å². The van der Waals surface area contributed by atoms with Crippen LogP contribution in [0.15, 0.2) is 110 Å². The Balaban J connectivity index is 1.04. The molecule has 0 saturated carbocycles. The fraction of sp³-hybridized carbons (Fsp3) is 0.345. The van der Waals surface area contributed by atoms with Crippen LogP contribution in [0.2, 0.25) is 0 Å². The van der Waals surface area contributed by atoms with Crippen molar-refractivity contribution in [3.8, 4) is 34.5 Å². The van der Waals surface area contributed by atoms with Crippen LogP contribution in [0.5, 0.6) is 34.5 Å². The van der Waals surface area contributed by atoms with Crippen LogP contribution in [-0.2, 0) is 18.9 Å². The molecule has 73 heavy (non-hydrogen) atoms. The zero-order valence-corrected chi connectivity index (χ0v) is 41.8. The Labute approximate surface area is 424 Å². The summed E-state index contributed by atoms with van der Waals surface area (Å²) < 4.78 is 58.3. The Morgan fingerprint density at radius 2 is 1.11 bits per heavy atom. The molecule has 4 amide bonds. The number of ether oxygens (including phenoxy) is 10. The molecule has 0 saturated heterocycles. The van der Waals surface area contributed by atoms with E-state index in [0.29, 0.717) is 37.3 Å². The highest BCUT2D eigenvalue weighted by Gasteiger charge is 2.47. The largest absolute Gasteiger partial charge is 0.497 e. The summed E-state index contributed by atoms with van der Waals surface area (Å²) in [6.45, 7) is 7.98. The molecule has 0 N–H and O–H groups in total. The minimum absolute atomic E-state index is 0.0814. The van der Waals surface area contributed by atoms with Crippen LogP contribution in [0.4, 0.5) is 21.0 Å². The molecule has 2 unspecified atom stereocenters. The van der Waals surface area contributed by atoms with E-state index >= 15 is 0 Å². The molecule has 0 bridgehead atoms. The lowest BCUT2D eigenvalue weighted by molar-refractivity contribution is 0.0175. The third-order valence-corrected chi connectivity index (χ3v) is 13.2. The van der Waals surface area contributed by atoms with Crippen LogP contribution in [0, 0.1) is 0 Å². The molecule has 4 aliphatic rings. The van der Waals surface area contributed by atoms with Gasteiger partial charge in [0.25, 0.3) is 11.8 Å². The molecule has 18 nitrogen and oxygen atoms in total. The monoisotopic (exact) mass is 1000 g/mol. The first-order valence-electron chi connectivity index (χ1n) is 23.7. The number of methoxy groups -OCH3 is 6. The molecule has 4 aromatic carbocycles. The van der Waals surface area contributed by atoms with Crippen LogP contribution >= 0.6 is 0 Å². The lowest BCUT2D eigenvalue weighted by atomic mass is 9.92. The molecule has 0 radical (unpaired) electrons. The average Bonchev–Trinajstić information content (AvgIpc) is 3.59. The molecule has 8 rings (SSSR count). The van der Waals surface area contributed by atoms with E-state index in [2.05, 4.69) is 13.2 Å². The molecule has 4 aromatic rings. The van der Waals surface area contributed by atoms with Gasteiger partial charge in [0, 0.05) is 45.9 Å². The van der Waals surface area contributed by atoms with Gasteiger partial charge in [-0.1, -0.05) is 61.7 Å². The maximum atomic E-state index is 14.6. The Bertz CT molecular complexity index is 2780. The number of amides is 4. The van der Waals surface area contributed by atoms with Gasteiger partial charge in [0.15, 0.2) is 35.5 Å². The van der Waals surface area contributed by atoms with Gasteiger partial charge in [0.05, 0.1) is 76.2 Å². The highest BCUT2D eigenvalue weighted by atomic mass is 16.6. The van der Waals surface area contributed by atoms with Crippen molar-refractivity contribution in [2.24, 2.45) is 0 Å². The highest BCUT2D eigenvalue weighted by molar-refractivity contribution is 6.07. The maximum absolute atomic E-state index is 14.6. The van der Waals surface area contributed by atoms with Crippen LogP contribution in [0.3, 0.4) is 0 Å². The molecular formula is C55H60N4O14. The Morgan fingerprint density at radius 1 is 0.616 bits per heavy atom. The van der Waals surface area contributed by atoms with Crippen molar-refractivity contribution in [2.45, 2.75) is 43.8 Å². The van der Waals surface area contributed by atoms with Gasteiger partial charge in [-0.15, -0.1) is 0 Å². The minimum atomic E-state index is -1.01. The summed E-state index contributed by atoms with van der Waals surface area (Å²) in [5, 5.41) is 0. The van der Waals surface area contributed by atoms with Gasteiger partial charge >= 0.3 is 12.2 Å². The van der Waals surface area contributed by atoms with Gasteiger partial charge in [0.2, 0.25) is 0 Å². The second-order valence-electron chi connectivity index (χ2n) is 17.2. The van der Waals surface area contributed by atoms with Crippen molar-refractivity contribution in [2.75, 3.05) is 92.0 Å². The normalized spacial score (nSPS) is 19.0. The molecule has 4 aliphatic heterocycles. The van der Waals surface area contributed by atoms with Crippen molar-refractivity contribution in [3.63, 3.8) is 0 Å². The van der Waals surface area contributed by atoms with Crippen LogP contribution < -0.4 is 38.2 Å². The summed E-state index contributed by atoms with van der Waals surface area (Å²) in [5.41, 5.74) is 4.61. The zero-order chi connectivity index (χ0) is 51.8. The van der Waals surface area contributed by atoms with Crippen LogP contribution in [0.1, 0.15) is 51.1 Å². The fourth-order valence-corrected chi connectivity index (χ4v) is 9.61. The number of carbonyl (C=O) groups excluding carboxylic acids is 4. The lowest BCUT2D eigenvalue weighted by Gasteiger charge is -2.40. The first-order chi connectivity index (χ1) is 35.5. The molecule has 0 aliphatic carbocycles. The smallest absolute Gasteiger partial charge is 0.416 e. The highest BCUT2D eigenvalue weighted by Crippen LogP contribution is 2.45. The molecule has 0 spiro atoms. The van der Waals surface area contributed by atoms with E-state index in [4.69, 9.17) is 47.4 Å². The topological polar surface area (TPSA) is 174 Å². The molecule has 0 aromatic heterocycles. The fourth-order valence-electron chi connectivity index (χ4n) is 9.61. The summed E-state index contributed by atoms with van der Waals surface area (Å²) in [4.78, 5) is 63.3. The summed E-state index contributed by atoms with van der Waals surface area (Å²) >= 11 is 0. The van der Waals surface area contributed by atoms with Gasteiger partial charge < -0.3 is 57.2 Å². The van der Waals surface area contributed by atoms with E-state index in [1.54, 1.807) is 48.3 Å². The molecule has 4 heterocycles. The second-order valence-corrected chi connectivity index (χ2v) is 17.2. The quantitative estimate of drug-likeness (QED) is 0.0687. The number of rotatable bonds is 18. The van der Waals surface area contributed by atoms with E-state index in [-0.39, 0.29) is 90.3 Å². The van der Waals surface area contributed by atoms with Gasteiger partial charge in [0.1, 0.15) is 24.7 Å². The number of nitrogens with zero attached hydrogens (tertiary/aromatic N) is 4. The maximum Gasteiger partial charge on any atom is 0.416 e. The summed E-state index contributed by atoms with van der Waals surface area (Å²) in [5.74, 6) is 1.73. The first-order valence-corrected chi connectivity index (χ1v) is 23.7. The van der Waals surface area contributed by atoms with Crippen LogP contribution in [0.25, 0.3) is 11.1 Å². The van der Waals surface area contributed by atoms with Gasteiger partial charge in [-0.05, 0) is 71.5 Å². The van der Waals surface area contributed by atoms with E-state index < -0.39 is 36.7 Å². The van der Waals surface area contributed by atoms with Crippen molar-refractivity contribution in [1.82, 2.24) is 9.80 Å².